The predicted molar refractivity (Wildman–Crippen MR) is 162 cm³/mol. The summed E-state index contributed by atoms with van der Waals surface area (Å²) in [6, 6.07) is 21.5. The second-order valence-corrected chi connectivity index (χ2v) is 13.0. The first-order valence-electron chi connectivity index (χ1n) is 14.0. The van der Waals surface area contributed by atoms with E-state index in [0.29, 0.717) is 6.61 Å². The van der Waals surface area contributed by atoms with Crippen molar-refractivity contribution < 1.29 is 4.74 Å². The first-order chi connectivity index (χ1) is 19.6. The van der Waals surface area contributed by atoms with Gasteiger partial charge in [0.1, 0.15) is 6.10 Å². The average molecular weight is 569 g/mol. The maximum absolute atomic E-state index is 11.9. The Morgan fingerprint density at radius 1 is 1.07 bits per heavy atom. The third-order valence-electron chi connectivity index (χ3n) is 7.82. The Balaban J connectivity index is 1.11. The second-order valence-electron chi connectivity index (χ2n) is 10.9. The Morgan fingerprint density at radius 2 is 2.00 bits per heavy atom. The average Bonchev–Trinajstić information content (AvgIpc) is 3.80. The van der Waals surface area contributed by atoms with Crippen molar-refractivity contribution >= 4 is 34.9 Å². The molecule has 1 saturated heterocycles. The van der Waals surface area contributed by atoms with E-state index in [-0.39, 0.29) is 17.7 Å². The summed E-state index contributed by atoms with van der Waals surface area (Å²) < 4.78 is 6.28. The van der Waals surface area contributed by atoms with Crippen LogP contribution in [0.2, 0.25) is 0 Å². The Labute approximate surface area is 243 Å². The summed E-state index contributed by atoms with van der Waals surface area (Å²) in [6.07, 6.45) is 7.41. The monoisotopic (exact) mass is 568 g/mol. The number of nitrogens with one attached hydrogen (secondary N) is 2. The largest absolute Gasteiger partial charge is 0.377 e. The number of aryl methyl sites for hydroxylation is 1. The van der Waals surface area contributed by atoms with Crippen molar-refractivity contribution in [1.82, 2.24) is 9.97 Å². The van der Waals surface area contributed by atoms with Crippen LogP contribution in [0.1, 0.15) is 48.2 Å². The van der Waals surface area contributed by atoms with Crippen LogP contribution in [0, 0.1) is 12.8 Å². The van der Waals surface area contributed by atoms with E-state index in [2.05, 4.69) is 70.7 Å². The van der Waals surface area contributed by atoms with E-state index in [1.54, 1.807) is 12.3 Å². The number of anilines is 2. The van der Waals surface area contributed by atoms with Crippen LogP contribution in [0.4, 0.5) is 11.4 Å². The number of H-pyrrole nitrogens is 1. The molecule has 1 aliphatic carbocycles. The molecule has 0 amide bonds. The first-order valence-corrected chi connectivity index (χ1v) is 15.6. The van der Waals surface area contributed by atoms with Crippen LogP contribution in [-0.2, 0) is 4.74 Å². The Bertz CT molecular complexity index is 1580. The van der Waals surface area contributed by atoms with Gasteiger partial charge >= 0.3 is 0 Å². The summed E-state index contributed by atoms with van der Waals surface area (Å²) in [5, 5.41) is 3.81. The molecule has 2 aliphatic heterocycles. The predicted octanol–water partition coefficient (Wildman–Crippen LogP) is 7.23. The molecule has 0 bridgehead atoms. The summed E-state index contributed by atoms with van der Waals surface area (Å²) in [7, 11) is 0. The van der Waals surface area contributed by atoms with Crippen LogP contribution >= 0.6 is 23.5 Å². The number of aromatic nitrogens is 2. The lowest BCUT2D eigenvalue weighted by atomic mass is 10.0. The van der Waals surface area contributed by atoms with E-state index in [1.165, 1.54) is 43.6 Å². The van der Waals surface area contributed by atoms with Crippen LogP contribution in [0.3, 0.4) is 0 Å². The van der Waals surface area contributed by atoms with Gasteiger partial charge in [-0.25, -0.2) is 0 Å². The van der Waals surface area contributed by atoms with Gasteiger partial charge in [-0.05, 0) is 66.8 Å². The standard InChI is InChI=1S/C32H32N4O2S2/c1-20-5-9-25(34-18-20)26(15-21-6-7-21)35-22-8-10-28-30(16-22)39-29-4-2-3-24(32(29)40-28)27-19-36(13-14-38-27)23-11-12-33-31(37)17-23/h2-5,8-12,16-18,21,26-27,35H,6-7,13-15,19H2,1H3,(H,33,37). The molecule has 2 aromatic carbocycles. The molecule has 6 nitrogen and oxygen atoms in total. The minimum atomic E-state index is -0.0796. The Kier molecular flexibility index (Phi) is 7.08. The molecule has 4 heterocycles. The molecule has 40 heavy (non-hydrogen) atoms. The topological polar surface area (TPSA) is 70.2 Å². The second kappa shape index (κ2) is 11.0. The van der Waals surface area contributed by atoms with Crippen LogP contribution in [0.25, 0.3) is 0 Å². The molecule has 2 atom stereocenters. The number of pyridine rings is 2. The molecule has 7 rings (SSSR count). The molecule has 1 saturated carbocycles. The van der Waals surface area contributed by atoms with Crippen LogP contribution in [0.15, 0.2) is 97.4 Å². The minimum Gasteiger partial charge on any atom is -0.377 e. The molecule has 204 valence electrons. The molecule has 2 aromatic heterocycles. The fourth-order valence-corrected chi connectivity index (χ4v) is 7.95. The van der Waals surface area contributed by atoms with Crippen LogP contribution < -0.4 is 15.8 Å². The zero-order valence-corrected chi connectivity index (χ0v) is 24.1. The Morgan fingerprint density at radius 3 is 2.83 bits per heavy atom. The number of morpholine rings is 1. The number of benzene rings is 2. The van der Waals surface area contributed by atoms with Gasteiger partial charge in [0.15, 0.2) is 0 Å². The lowest BCUT2D eigenvalue weighted by Gasteiger charge is -2.36. The zero-order chi connectivity index (χ0) is 27.1. The minimum absolute atomic E-state index is 0.0521. The molecule has 2 N–H and O–H groups in total. The van der Waals surface area contributed by atoms with Crippen molar-refractivity contribution in [2.75, 3.05) is 29.9 Å². The third-order valence-corrected chi connectivity index (χ3v) is 10.4. The summed E-state index contributed by atoms with van der Waals surface area (Å²) in [6.45, 7) is 4.21. The molecule has 3 aliphatic rings. The van der Waals surface area contributed by atoms with E-state index in [1.807, 2.05) is 35.8 Å². The van der Waals surface area contributed by atoms with Crippen molar-refractivity contribution in [3.63, 3.8) is 0 Å². The first kappa shape index (κ1) is 25.7. The smallest absolute Gasteiger partial charge is 0.249 e. The quantitative estimate of drug-likeness (QED) is 0.215. The number of hydrogen-bond acceptors (Lipinski definition) is 7. The summed E-state index contributed by atoms with van der Waals surface area (Å²) >= 11 is 3.67. The highest BCUT2D eigenvalue weighted by Crippen LogP contribution is 2.52. The number of nitrogens with zero attached hydrogens (tertiary/aromatic N) is 2. The van der Waals surface area contributed by atoms with Gasteiger partial charge in [0.2, 0.25) is 5.56 Å². The fraction of sp³-hybridized carbons (Fsp3) is 0.312. The fourth-order valence-electron chi connectivity index (χ4n) is 5.50. The molecular formula is C32H32N4O2S2. The van der Waals surface area contributed by atoms with E-state index >= 15 is 0 Å². The lowest BCUT2D eigenvalue weighted by Crippen LogP contribution is -2.39. The van der Waals surface area contributed by atoms with Gasteiger partial charge in [-0.1, -0.05) is 54.6 Å². The molecule has 4 aromatic rings. The summed E-state index contributed by atoms with van der Waals surface area (Å²) in [5.41, 5.74) is 5.53. The molecule has 8 heteroatoms. The molecule has 2 fully saturated rings. The highest BCUT2D eigenvalue weighted by atomic mass is 32.2. The normalized spacial score (nSPS) is 19.0. The summed E-state index contributed by atoms with van der Waals surface area (Å²) in [5.74, 6) is 0.800. The summed E-state index contributed by atoms with van der Waals surface area (Å²) in [4.78, 5) is 26.7. The van der Waals surface area contributed by atoms with Gasteiger partial charge in [-0.3, -0.25) is 9.78 Å². The van der Waals surface area contributed by atoms with Gasteiger partial charge < -0.3 is 19.9 Å². The van der Waals surface area contributed by atoms with E-state index in [0.717, 1.165) is 42.5 Å². The zero-order valence-electron chi connectivity index (χ0n) is 22.4. The van der Waals surface area contributed by atoms with Crippen molar-refractivity contribution in [1.29, 1.82) is 0 Å². The van der Waals surface area contributed by atoms with E-state index < -0.39 is 0 Å². The van der Waals surface area contributed by atoms with Gasteiger partial charge in [-0.15, -0.1) is 0 Å². The van der Waals surface area contributed by atoms with Gasteiger partial charge in [0.05, 0.1) is 18.3 Å². The van der Waals surface area contributed by atoms with Gasteiger partial charge in [-0.2, -0.15) is 0 Å². The van der Waals surface area contributed by atoms with E-state index in [9.17, 15) is 4.79 Å². The SMILES string of the molecule is Cc1ccc(C(CC2CC2)Nc2ccc3c(c2)Sc2cccc(C4CN(c5cc[nH]c(=O)c5)CCO4)c2S3)nc1. The number of aromatic amines is 1. The maximum Gasteiger partial charge on any atom is 0.249 e. The molecule has 0 radical (unpaired) electrons. The lowest BCUT2D eigenvalue weighted by molar-refractivity contribution is 0.0379. The Hall–Kier alpha value is -3.20. The number of rotatable bonds is 7. The number of ether oxygens (including phenoxy) is 1. The molecule has 0 spiro atoms. The maximum atomic E-state index is 11.9. The van der Waals surface area contributed by atoms with Crippen molar-refractivity contribution in [2.24, 2.45) is 5.92 Å². The number of hydrogen-bond donors (Lipinski definition) is 2. The van der Waals surface area contributed by atoms with Crippen LogP contribution in [0.5, 0.6) is 0 Å². The van der Waals surface area contributed by atoms with Crippen LogP contribution in [-0.4, -0.2) is 29.7 Å². The highest BCUT2D eigenvalue weighted by Gasteiger charge is 2.30. The van der Waals surface area contributed by atoms with Crippen molar-refractivity contribution in [3.8, 4) is 0 Å². The van der Waals surface area contributed by atoms with Crippen molar-refractivity contribution in [2.45, 2.75) is 57.9 Å². The molecule has 2 unspecified atom stereocenters. The number of fused-ring (bicyclic) bond motifs is 2. The van der Waals surface area contributed by atoms with Gasteiger partial charge in [0.25, 0.3) is 0 Å². The van der Waals surface area contributed by atoms with Crippen molar-refractivity contribution in [3.05, 3.63) is 100 Å². The highest BCUT2D eigenvalue weighted by molar-refractivity contribution is 8.05. The third kappa shape index (κ3) is 5.53. The van der Waals surface area contributed by atoms with Gasteiger partial charge in [0, 0.05) is 62.5 Å². The van der Waals surface area contributed by atoms with E-state index in [4.69, 9.17) is 9.72 Å². The molecular weight excluding hydrogens is 537 g/mol.